The number of carbonyl (C=O) groups is 2. The van der Waals surface area contributed by atoms with Crippen molar-refractivity contribution in [3.63, 3.8) is 0 Å². The number of hydrogen-bond donors (Lipinski definition) is 2. The van der Waals surface area contributed by atoms with Crippen LogP contribution in [0, 0.1) is 0 Å². The van der Waals surface area contributed by atoms with Crippen LogP contribution in [0.3, 0.4) is 0 Å². The number of aliphatic carboxylic acids is 2. The molecule has 0 saturated carbocycles. The number of hydrogen-bond acceptors (Lipinski definition) is 5. The molecule has 1 saturated heterocycles. The van der Waals surface area contributed by atoms with Gasteiger partial charge in [-0.25, -0.2) is 9.59 Å². The lowest BCUT2D eigenvalue weighted by atomic mass is 9.99. The van der Waals surface area contributed by atoms with E-state index in [0.29, 0.717) is 11.3 Å². The zero-order chi connectivity index (χ0) is 19.9. The fraction of sp³-hybridized carbons (Fsp3) is 0.333. The van der Waals surface area contributed by atoms with Crippen LogP contribution in [0.25, 0.3) is 10.8 Å². The lowest BCUT2D eigenvalue weighted by Crippen LogP contribution is -2.37. The Morgan fingerprint density at radius 2 is 1.74 bits per heavy atom. The maximum absolute atomic E-state index is 11.5. The lowest BCUT2D eigenvalue weighted by Gasteiger charge is -2.31. The number of carboxylic acid groups (broad SMARTS) is 2. The lowest BCUT2D eigenvalue weighted by molar-refractivity contribution is -0.191. The van der Waals surface area contributed by atoms with Gasteiger partial charge >= 0.3 is 11.9 Å². The van der Waals surface area contributed by atoms with Gasteiger partial charge in [0, 0.05) is 5.56 Å². The summed E-state index contributed by atoms with van der Waals surface area (Å²) in [4.78, 5) is 22.4. The first-order chi connectivity index (χ1) is 12.7. The molecular formula is C18H16Br2O7. The summed E-state index contributed by atoms with van der Waals surface area (Å²) < 4.78 is 17.4. The topological polar surface area (TPSA) is 102 Å². The van der Waals surface area contributed by atoms with Crippen molar-refractivity contribution < 1.29 is 34.0 Å². The summed E-state index contributed by atoms with van der Waals surface area (Å²) in [5.41, 5.74) is 0.506. The van der Waals surface area contributed by atoms with Crippen molar-refractivity contribution in [2.45, 2.75) is 29.7 Å². The molecule has 0 bridgehead atoms. The molecule has 0 radical (unpaired) electrons. The van der Waals surface area contributed by atoms with E-state index in [1.807, 2.05) is 12.1 Å². The Balaban J connectivity index is 2.13. The number of halogens is 2. The van der Waals surface area contributed by atoms with Crippen LogP contribution in [0.15, 0.2) is 34.8 Å². The molecule has 144 valence electrons. The molecule has 1 aliphatic rings. The summed E-state index contributed by atoms with van der Waals surface area (Å²) in [7, 11) is 1.57. The number of methoxy groups -OCH3 is 1. The molecular weight excluding hydrogens is 488 g/mol. The van der Waals surface area contributed by atoms with Gasteiger partial charge in [-0.1, -0.05) is 34.1 Å². The molecule has 0 unspecified atom stereocenters. The molecule has 9 heteroatoms. The molecule has 2 aromatic carbocycles. The third-order valence-electron chi connectivity index (χ3n) is 4.43. The van der Waals surface area contributed by atoms with Gasteiger partial charge in [-0.3, -0.25) is 0 Å². The highest BCUT2D eigenvalue weighted by Crippen LogP contribution is 2.45. The maximum Gasteiger partial charge on any atom is 0.336 e. The molecule has 3 rings (SSSR count). The molecule has 0 amide bonds. The Morgan fingerprint density at radius 3 is 2.22 bits per heavy atom. The fourth-order valence-corrected chi connectivity index (χ4v) is 4.22. The molecule has 7 nitrogen and oxygen atoms in total. The predicted octanol–water partition coefficient (Wildman–Crippen LogP) is 3.50. The standard InChI is InChI=1S/C18H16Br2O7/c1-8(19)18(26-14(16(21)22)15(27-18)17(23)24)10-4-5-11-9(7-10)3-6-12(25-2)13(11)20/h3-8,14-15H,1-2H3,(H,21,22)(H,23,24)/t8-,14+,15+/m0/s1. The first kappa shape index (κ1) is 20.1. The van der Waals surface area contributed by atoms with E-state index in [0.717, 1.165) is 15.2 Å². The Kier molecular flexibility index (Phi) is 5.49. The molecule has 1 aliphatic heterocycles. The number of ether oxygens (including phenoxy) is 3. The Labute approximate surface area is 171 Å². The number of benzene rings is 2. The van der Waals surface area contributed by atoms with E-state index in [4.69, 9.17) is 14.2 Å². The van der Waals surface area contributed by atoms with Crippen LogP contribution in [0.2, 0.25) is 0 Å². The average Bonchev–Trinajstić information content (AvgIpc) is 3.05. The number of fused-ring (bicyclic) bond motifs is 1. The van der Waals surface area contributed by atoms with Crippen molar-refractivity contribution >= 4 is 54.6 Å². The second-order valence-corrected chi connectivity index (χ2v) is 8.22. The van der Waals surface area contributed by atoms with E-state index < -0.39 is 34.8 Å². The minimum Gasteiger partial charge on any atom is -0.496 e. The normalized spacial score (nSPS) is 22.5. The Bertz CT molecular complexity index is 890. The van der Waals surface area contributed by atoms with Crippen molar-refractivity contribution in [1.82, 2.24) is 0 Å². The van der Waals surface area contributed by atoms with Gasteiger partial charge in [0.15, 0.2) is 12.2 Å². The number of alkyl halides is 1. The second kappa shape index (κ2) is 7.38. The van der Waals surface area contributed by atoms with Crippen molar-refractivity contribution in [3.8, 4) is 5.75 Å². The van der Waals surface area contributed by atoms with E-state index in [2.05, 4.69) is 31.9 Å². The van der Waals surface area contributed by atoms with Crippen molar-refractivity contribution in [2.24, 2.45) is 0 Å². The molecule has 1 heterocycles. The molecule has 27 heavy (non-hydrogen) atoms. The molecule has 1 fully saturated rings. The first-order valence-electron chi connectivity index (χ1n) is 7.93. The largest absolute Gasteiger partial charge is 0.496 e. The highest BCUT2D eigenvalue weighted by atomic mass is 79.9. The summed E-state index contributed by atoms with van der Waals surface area (Å²) in [6, 6.07) is 8.93. The van der Waals surface area contributed by atoms with Gasteiger partial charge < -0.3 is 24.4 Å². The summed E-state index contributed by atoms with van der Waals surface area (Å²) >= 11 is 6.88. The third kappa shape index (κ3) is 3.33. The summed E-state index contributed by atoms with van der Waals surface area (Å²) in [5.74, 6) is -3.69. The SMILES string of the molecule is COc1ccc2cc(C3([C@H](C)Br)O[C@@H](C(=O)O)[C@H](C(=O)O)O3)ccc2c1Br. The van der Waals surface area contributed by atoms with Gasteiger partial charge in [0.25, 0.3) is 0 Å². The molecule has 3 atom stereocenters. The van der Waals surface area contributed by atoms with Crippen molar-refractivity contribution in [1.29, 1.82) is 0 Å². The highest BCUT2D eigenvalue weighted by molar-refractivity contribution is 9.10. The molecule has 0 aliphatic carbocycles. The van der Waals surface area contributed by atoms with E-state index in [1.54, 1.807) is 32.2 Å². The first-order valence-corrected chi connectivity index (χ1v) is 9.64. The van der Waals surface area contributed by atoms with Crippen LogP contribution >= 0.6 is 31.9 Å². The smallest absolute Gasteiger partial charge is 0.336 e. The summed E-state index contributed by atoms with van der Waals surface area (Å²) in [5, 5.41) is 20.4. The van der Waals surface area contributed by atoms with Crippen LogP contribution < -0.4 is 4.74 Å². The highest BCUT2D eigenvalue weighted by Gasteiger charge is 2.57. The molecule has 2 aromatic rings. The molecule has 2 N–H and O–H groups in total. The van der Waals surface area contributed by atoms with Crippen LogP contribution in [-0.2, 0) is 24.8 Å². The quantitative estimate of drug-likeness (QED) is 0.602. The predicted molar refractivity (Wildman–Crippen MR) is 103 cm³/mol. The van der Waals surface area contributed by atoms with Gasteiger partial charge in [-0.2, -0.15) is 0 Å². The number of carboxylic acids is 2. The number of rotatable bonds is 5. The molecule has 0 spiro atoms. The molecule has 0 aromatic heterocycles. The maximum atomic E-state index is 11.5. The zero-order valence-electron chi connectivity index (χ0n) is 14.3. The minimum atomic E-state index is -1.62. The van der Waals surface area contributed by atoms with Crippen LogP contribution in [0.5, 0.6) is 5.75 Å². The van der Waals surface area contributed by atoms with Gasteiger partial charge in [-0.15, -0.1) is 0 Å². The van der Waals surface area contributed by atoms with E-state index in [-0.39, 0.29) is 0 Å². The van der Waals surface area contributed by atoms with Crippen LogP contribution in [0.4, 0.5) is 0 Å². The summed E-state index contributed by atoms with van der Waals surface area (Å²) in [6.45, 7) is 1.71. The fourth-order valence-electron chi connectivity index (χ4n) is 3.09. The van der Waals surface area contributed by atoms with E-state index >= 15 is 0 Å². The van der Waals surface area contributed by atoms with Gasteiger partial charge in [0.05, 0.1) is 16.4 Å². The van der Waals surface area contributed by atoms with Crippen LogP contribution in [-0.4, -0.2) is 46.3 Å². The monoisotopic (exact) mass is 502 g/mol. The zero-order valence-corrected chi connectivity index (χ0v) is 17.5. The van der Waals surface area contributed by atoms with E-state index in [1.165, 1.54) is 0 Å². The van der Waals surface area contributed by atoms with Crippen molar-refractivity contribution in [3.05, 3.63) is 40.4 Å². The third-order valence-corrected chi connectivity index (χ3v) is 5.85. The van der Waals surface area contributed by atoms with Gasteiger partial charge in [0.2, 0.25) is 5.79 Å². The summed E-state index contributed by atoms with van der Waals surface area (Å²) in [6.07, 6.45) is -3.25. The van der Waals surface area contributed by atoms with Crippen molar-refractivity contribution in [2.75, 3.05) is 7.11 Å². The van der Waals surface area contributed by atoms with Crippen LogP contribution in [0.1, 0.15) is 12.5 Å². The Hall–Kier alpha value is -1.68. The van der Waals surface area contributed by atoms with Gasteiger partial charge in [0.1, 0.15) is 5.75 Å². The average molecular weight is 504 g/mol. The van der Waals surface area contributed by atoms with Gasteiger partial charge in [-0.05, 0) is 45.8 Å². The van der Waals surface area contributed by atoms with E-state index in [9.17, 15) is 19.8 Å². The Morgan fingerprint density at radius 1 is 1.15 bits per heavy atom. The minimum absolute atomic E-state index is 0.506. The second-order valence-electron chi connectivity index (χ2n) is 6.05.